The van der Waals surface area contributed by atoms with Crippen LogP contribution in [0.3, 0.4) is 0 Å². The number of halogens is 3. The predicted octanol–water partition coefficient (Wildman–Crippen LogP) is 5.32. The second-order valence-corrected chi connectivity index (χ2v) is 6.10. The molecular weight excluding hydrogens is 336 g/mol. The van der Waals surface area contributed by atoms with Crippen molar-refractivity contribution < 1.29 is 18.3 Å². The lowest BCUT2D eigenvalue weighted by Crippen LogP contribution is -2.25. The number of alkyl halides is 2. The number of hydrogen-bond donors (Lipinski definition) is 1. The molecule has 24 heavy (non-hydrogen) atoms. The van der Waals surface area contributed by atoms with Gasteiger partial charge < -0.3 is 10.1 Å². The summed E-state index contributed by atoms with van der Waals surface area (Å²) in [5.74, 6) is -0.400. The first kappa shape index (κ1) is 18.2. The van der Waals surface area contributed by atoms with E-state index in [1.54, 1.807) is 12.1 Å². The minimum atomic E-state index is -2.87. The minimum absolute atomic E-state index is 0.0427. The Balaban J connectivity index is 2.12. The van der Waals surface area contributed by atoms with Gasteiger partial charge in [-0.3, -0.25) is 4.79 Å². The fraction of sp³-hybridized carbons (Fsp3) is 0.278. The molecule has 0 saturated heterocycles. The first-order valence-corrected chi connectivity index (χ1v) is 7.86. The standard InChI is InChI=1S/C18H18ClF2NO2/c1-11(2)16(12-3-5-13(19)6-4-12)17(23)22-14-7-9-15(10-8-14)24-18(20)21/h3-11,16,18H,1-2H3,(H,22,23)/t16-/m1/s1. The van der Waals surface area contributed by atoms with Crippen LogP contribution in [0.15, 0.2) is 48.5 Å². The molecule has 0 aromatic heterocycles. The summed E-state index contributed by atoms with van der Waals surface area (Å²) in [6, 6.07) is 13.0. The van der Waals surface area contributed by atoms with Crippen LogP contribution in [0.2, 0.25) is 5.02 Å². The average Bonchev–Trinajstić information content (AvgIpc) is 2.50. The van der Waals surface area contributed by atoms with Gasteiger partial charge >= 0.3 is 6.61 Å². The van der Waals surface area contributed by atoms with Gasteiger partial charge in [-0.15, -0.1) is 0 Å². The molecule has 0 spiro atoms. The Labute approximate surface area is 144 Å². The van der Waals surface area contributed by atoms with Gasteiger partial charge in [0, 0.05) is 10.7 Å². The Hall–Kier alpha value is -2.14. The van der Waals surface area contributed by atoms with Gasteiger partial charge in [0.15, 0.2) is 0 Å². The number of anilines is 1. The van der Waals surface area contributed by atoms with Crippen LogP contribution in [0.5, 0.6) is 5.75 Å². The zero-order chi connectivity index (χ0) is 17.7. The highest BCUT2D eigenvalue weighted by molar-refractivity contribution is 6.30. The number of hydrogen-bond acceptors (Lipinski definition) is 2. The van der Waals surface area contributed by atoms with Crippen LogP contribution < -0.4 is 10.1 Å². The molecule has 0 heterocycles. The summed E-state index contributed by atoms with van der Waals surface area (Å²) in [6.45, 7) is 1.04. The topological polar surface area (TPSA) is 38.3 Å². The second-order valence-electron chi connectivity index (χ2n) is 5.67. The Kier molecular flexibility index (Phi) is 6.15. The Morgan fingerprint density at radius 2 is 1.62 bits per heavy atom. The smallest absolute Gasteiger partial charge is 0.387 e. The van der Waals surface area contributed by atoms with Crippen molar-refractivity contribution in [3.8, 4) is 5.75 Å². The van der Waals surface area contributed by atoms with Crippen LogP contribution in [0, 0.1) is 5.92 Å². The van der Waals surface area contributed by atoms with Crippen molar-refractivity contribution in [3.63, 3.8) is 0 Å². The Morgan fingerprint density at radius 1 is 1.04 bits per heavy atom. The quantitative estimate of drug-likeness (QED) is 0.763. The largest absolute Gasteiger partial charge is 0.435 e. The van der Waals surface area contributed by atoms with Crippen LogP contribution in [-0.4, -0.2) is 12.5 Å². The lowest BCUT2D eigenvalue weighted by molar-refractivity contribution is -0.118. The van der Waals surface area contributed by atoms with Gasteiger partial charge in [-0.25, -0.2) is 0 Å². The molecule has 0 aliphatic heterocycles. The molecule has 0 saturated carbocycles. The number of amides is 1. The zero-order valence-electron chi connectivity index (χ0n) is 13.3. The van der Waals surface area contributed by atoms with E-state index in [1.807, 2.05) is 26.0 Å². The zero-order valence-corrected chi connectivity index (χ0v) is 14.1. The molecule has 6 heteroatoms. The molecule has 128 valence electrons. The molecule has 2 aromatic carbocycles. The van der Waals surface area contributed by atoms with Crippen molar-refractivity contribution in [1.82, 2.24) is 0 Å². The highest BCUT2D eigenvalue weighted by atomic mass is 35.5. The van der Waals surface area contributed by atoms with Crippen molar-refractivity contribution in [1.29, 1.82) is 0 Å². The van der Waals surface area contributed by atoms with Gasteiger partial charge in [0.2, 0.25) is 5.91 Å². The fourth-order valence-corrected chi connectivity index (χ4v) is 2.57. The Morgan fingerprint density at radius 3 is 2.12 bits per heavy atom. The maximum atomic E-state index is 12.6. The molecule has 1 N–H and O–H groups in total. The Bertz CT molecular complexity index is 672. The van der Waals surface area contributed by atoms with E-state index in [1.165, 1.54) is 24.3 Å². The molecule has 3 nitrogen and oxygen atoms in total. The van der Waals surface area contributed by atoms with Gasteiger partial charge in [0.05, 0.1) is 5.92 Å². The highest BCUT2D eigenvalue weighted by Crippen LogP contribution is 2.28. The lowest BCUT2D eigenvalue weighted by atomic mass is 9.87. The number of nitrogens with one attached hydrogen (secondary N) is 1. The summed E-state index contributed by atoms with van der Waals surface area (Å²) in [7, 11) is 0. The predicted molar refractivity (Wildman–Crippen MR) is 90.7 cm³/mol. The monoisotopic (exact) mass is 353 g/mol. The average molecular weight is 354 g/mol. The van der Waals surface area contributed by atoms with E-state index in [0.29, 0.717) is 10.7 Å². The molecule has 0 bridgehead atoms. The molecule has 0 aliphatic rings. The van der Waals surface area contributed by atoms with Crippen molar-refractivity contribution in [2.24, 2.45) is 5.92 Å². The third-order valence-corrected chi connectivity index (χ3v) is 3.78. The molecule has 0 aliphatic carbocycles. The fourth-order valence-electron chi connectivity index (χ4n) is 2.45. The maximum Gasteiger partial charge on any atom is 0.387 e. The molecule has 1 atom stereocenters. The molecule has 2 aromatic rings. The van der Waals surface area contributed by atoms with Crippen LogP contribution in [0.4, 0.5) is 14.5 Å². The van der Waals surface area contributed by atoms with Crippen LogP contribution in [-0.2, 0) is 4.79 Å². The summed E-state index contributed by atoms with van der Waals surface area (Å²) < 4.78 is 28.6. The first-order valence-electron chi connectivity index (χ1n) is 7.48. The van der Waals surface area contributed by atoms with Gasteiger partial charge in [-0.1, -0.05) is 37.6 Å². The minimum Gasteiger partial charge on any atom is -0.435 e. The normalized spacial score (nSPS) is 12.3. The second kappa shape index (κ2) is 8.11. The van der Waals surface area contributed by atoms with Gasteiger partial charge in [0.1, 0.15) is 5.75 Å². The summed E-state index contributed by atoms with van der Waals surface area (Å²) in [6.07, 6.45) is 0. The third-order valence-electron chi connectivity index (χ3n) is 3.53. The van der Waals surface area contributed by atoms with E-state index in [9.17, 15) is 13.6 Å². The van der Waals surface area contributed by atoms with E-state index in [4.69, 9.17) is 11.6 Å². The molecule has 0 unspecified atom stereocenters. The van der Waals surface area contributed by atoms with Gasteiger partial charge in [0.25, 0.3) is 0 Å². The van der Waals surface area contributed by atoms with E-state index in [-0.39, 0.29) is 23.5 Å². The number of benzene rings is 2. The number of ether oxygens (including phenoxy) is 1. The van der Waals surface area contributed by atoms with E-state index in [2.05, 4.69) is 10.1 Å². The summed E-state index contributed by atoms with van der Waals surface area (Å²) in [5.41, 5.74) is 1.38. The van der Waals surface area contributed by atoms with Crippen LogP contribution in [0.1, 0.15) is 25.3 Å². The van der Waals surface area contributed by atoms with E-state index < -0.39 is 6.61 Å². The van der Waals surface area contributed by atoms with E-state index in [0.717, 1.165) is 5.56 Å². The molecular formula is C18H18ClF2NO2. The number of carbonyl (C=O) groups is 1. The lowest BCUT2D eigenvalue weighted by Gasteiger charge is -2.21. The van der Waals surface area contributed by atoms with Crippen molar-refractivity contribution in [2.75, 3.05) is 5.32 Å². The molecule has 1 amide bonds. The van der Waals surface area contributed by atoms with E-state index >= 15 is 0 Å². The SMILES string of the molecule is CC(C)[C@@H](C(=O)Nc1ccc(OC(F)F)cc1)c1ccc(Cl)cc1. The molecule has 0 radical (unpaired) electrons. The third kappa shape index (κ3) is 4.93. The van der Waals surface area contributed by atoms with Gasteiger partial charge in [-0.05, 0) is 47.9 Å². The summed E-state index contributed by atoms with van der Waals surface area (Å²) in [4.78, 5) is 12.6. The van der Waals surface area contributed by atoms with Crippen molar-refractivity contribution in [3.05, 3.63) is 59.1 Å². The first-order chi connectivity index (χ1) is 11.4. The number of carbonyl (C=O) groups excluding carboxylic acids is 1. The van der Waals surface area contributed by atoms with Crippen molar-refractivity contribution in [2.45, 2.75) is 26.4 Å². The van der Waals surface area contributed by atoms with Crippen LogP contribution >= 0.6 is 11.6 Å². The molecule has 0 fully saturated rings. The van der Waals surface area contributed by atoms with Crippen LogP contribution in [0.25, 0.3) is 0 Å². The summed E-state index contributed by atoms with van der Waals surface area (Å²) >= 11 is 5.89. The van der Waals surface area contributed by atoms with Crippen molar-refractivity contribution >= 4 is 23.2 Å². The number of rotatable bonds is 6. The van der Waals surface area contributed by atoms with Gasteiger partial charge in [-0.2, -0.15) is 8.78 Å². The molecule has 2 rings (SSSR count). The highest BCUT2D eigenvalue weighted by Gasteiger charge is 2.24. The maximum absolute atomic E-state index is 12.6. The summed E-state index contributed by atoms with van der Waals surface area (Å²) in [5, 5.41) is 3.41.